The van der Waals surface area contributed by atoms with E-state index in [9.17, 15) is 4.79 Å². The van der Waals surface area contributed by atoms with Crippen molar-refractivity contribution in [3.63, 3.8) is 0 Å². The van der Waals surface area contributed by atoms with Crippen LogP contribution in [0.4, 0.5) is 5.82 Å². The molecule has 1 aromatic heterocycles. The minimum atomic E-state index is -0.0705. The van der Waals surface area contributed by atoms with E-state index in [-0.39, 0.29) is 5.56 Å². The Labute approximate surface area is 94.1 Å². The van der Waals surface area contributed by atoms with E-state index in [1.807, 2.05) is 0 Å². The predicted molar refractivity (Wildman–Crippen MR) is 61.7 cm³/mol. The van der Waals surface area contributed by atoms with Crippen LogP contribution in [0.5, 0.6) is 0 Å². The van der Waals surface area contributed by atoms with Gasteiger partial charge in [-0.3, -0.25) is 9.69 Å². The van der Waals surface area contributed by atoms with E-state index in [0.29, 0.717) is 6.04 Å². The fraction of sp³-hybridized carbons (Fsp3) is 0.636. The van der Waals surface area contributed by atoms with Crippen molar-refractivity contribution in [2.75, 3.05) is 31.1 Å². The monoisotopic (exact) mass is 220 g/mol. The van der Waals surface area contributed by atoms with E-state index in [2.05, 4.69) is 19.8 Å². The molecule has 0 spiro atoms. The molecule has 0 aromatic carbocycles. The number of aromatic nitrogens is 2. The topological polar surface area (TPSA) is 52.2 Å². The Hall–Kier alpha value is -1.36. The van der Waals surface area contributed by atoms with Gasteiger partial charge in [0.25, 0.3) is 5.56 Å². The van der Waals surface area contributed by atoms with Gasteiger partial charge in [-0.05, 0) is 19.4 Å². The highest BCUT2D eigenvalue weighted by molar-refractivity contribution is 5.37. The van der Waals surface area contributed by atoms with Crippen LogP contribution in [-0.2, 0) is 0 Å². The number of nitrogens with zero attached hydrogens (tertiary/aromatic N) is 3. The maximum Gasteiger partial charge on any atom is 0.252 e. The van der Waals surface area contributed by atoms with Crippen molar-refractivity contribution in [3.8, 4) is 0 Å². The first-order chi connectivity index (χ1) is 7.83. The molecule has 5 heteroatoms. The molecule has 3 rings (SSSR count). The van der Waals surface area contributed by atoms with Gasteiger partial charge in [0.1, 0.15) is 5.82 Å². The minimum absolute atomic E-state index is 0.0705. The Balaban J connectivity index is 1.79. The maximum absolute atomic E-state index is 11.2. The summed E-state index contributed by atoms with van der Waals surface area (Å²) in [6, 6.07) is 2.25. The Morgan fingerprint density at radius 1 is 1.38 bits per heavy atom. The zero-order valence-electron chi connectivity index (χ0n) is 9.22. The quantitative estimate of drug-likeness (QED) is 0.727. The van der Waals surface area contributed by atoms with E-state index < -0.39 is 0 Å². The largest absolute Gasteiger partial charge is 0.354 e. The number of fused-ring (bicyclic) bond motifs is 1. The highest BCUT2D eigenvalue weighted by Crippen LogP contribution is 2.23. The lowest BCUT2D eigenvalue weighted by atomic mass is 10.1. The van der Waals surface area contributed by atoms with Crippen LogP contribution in [0.1, 0.15) is 12.8 Å². The predicted octanol–water partition coefficient (Wildman–Crippen LogP) is 0.0543. The van der Waals surface area contributed by atoms with Crippen molar-refractivity contribution in [1.29, 1.82) is 0 Å². The number of rotatable bonds is 1. The molecule has 3 heterocycles. The van der Waals surface area contributed by atoms with E-state index in [0.717, 1.165) is 25.5 Å². The van der Waals surface area contributed by atoms with Crippen LogP contribution in [0.2, 0.25) is 0 Å². The average Bonchev–Trinajstić information content (AvgIpc) is 2.75. The molecule has 2 aliphatic rings. The van der Waals surface area contributed by atoms with Crippen LogP contribution < -0.4 is 10.5 Å². The molecule has 16 heavy (non-hydrogen) atoms. The molecule has 0 radical (unpaired) electrons. The maximum atomic E-state index is 11.2. The molecule has 1 unspecified atom stereocenters. The Morgan fingerprint density at radius 3 is 3.19 bits per heavy atom. The molecule has 0 saturated carbocycles. The van der Waals surface area contributed by atoms with Crippen molar-refractivity contribution in [2.24, 2.45) is 0 Å². The number of piperazine rings is 1. The third-order valence-corrected chi connectivity index (χ3v) is 3.58. The van der Waals surface area contributed by atoms with Gasteiger partial charge < -0.3 is 9.88 Å². The summed E-state index contributed by atoms with van der Waals surface area (Å²) in [5, 5.41) is 0. The molecule has 1 N–H and O–H groups in total. The zero-order valence-corrected chi connectivity index (χ0v) is 9.22. The minimum Gasteiger partial charge on any atom is -0.354 e. The second-order valence-corrected chi connectivity index (χ2v) is 4.55. The van der Waals surface area contributed by atoms with Crippen LogP contribution in [-0.4, -0.2) is 47.1 Å². The van der Waals surface area contributed by atoms with Crippen LogP contribution >= 0.6 is 0 Å². The standard InChI is InChI=1S/C11H16N4O/c16-11-6-10(12-8-13-11)15-5-4-14-3-1-2-9(14)7-15/h6,8-9H,1-5,7H2,(H,12,13,16). The number of hydrogen-bond acceptors (Lipinski definition) is 4. The smallest absolute Gasteiger partial charge is 0.252 e. The molecule has 1 atom stereocenters. The first-order valence-electron chi connectivity index (χ1n) is 5.87. The van der Waals surface area contributed by atoms with Gasteiger partial charge in [-0.2, -0.15) is 0 Å². The second kappa shape index (κ2) is 3.90. The van der Waals surface area contributed by atoms with E-state index in [4.69, 9.17) is 0 Å². The van der Waals surface area contributed by atoms with Gasteiger partial charge in [0.15, 0.2) is 0 Å². The summed E-state index contributed by atoms with van der Waals surface area (Å²) < 4.78 is 0. The summed E-state index contributed by atoms with van der Waals surface area (Å²) >= 11 is 0. The number of nitrogens with one attached hydrogen (secondary N) is 1. The van der Waals surface area contributed by atoms with E-state index >= 15 is 0 Å². The van der Waals surface area contributed by atoms with E-state index in [1.54, 1.807) is 6.07 Å². The lowest BCUT2D eigenvalue weighted by Gasteiger charge is -2.37. The normalized spacial score (nSPS) is 25.8. The van der Waals surface area contributed by atoms with Gasteiger partial charge >= 0.3 is 0 Å². The Morgan fingerprint density at radius 2 is 2.31 bits per heavy atom. The van der Waals surface area contributed by atoms with Gasteiger partial charge in [-0.1, -0.05) is 0 Å². The number of anilines is 1. The summed E-state index contributed by atoms with van der Waals surface area (Å²) in [5.74, 6) is 0.815. The van der Waals surface area contributed by atoms with Crippen LogP contribution in [0.25, 0.3) is 0 Å². The van der Waals surface area contributed by atoms with Gasteiger partial charge in [0, 0.05) is 31.7 Å². The van der Waals surface area contributed by atoms with Crippen molar-refractivity contribution < 1.29 is 0 Å². The molecular weight excluding hydrogens is 204 g/mol. The molecule has 5 nitrogen and oxygen atoms in total. The summed E-state index contributed by atoms with van der Waals surface area (Å²) in [6.07, 6.45) is 4.07. The molecule has 2 fully saturated rings. The summed E-state index contributed by atoms with van der Waals surface area (Å²) in [6.45, 7) is 4.32. The summed E-state index contributed by atoms with van der Waals surface area (Å²) in [5.41, 5.74) is -0.0705. The van der Waals surface area contributed by atoms with Crippen molar-refractivity contribution in [1.82, 2.24) is 14.9 Å². The van der Waals surface area contributed by atoms with Gasteiger partial charge in [-0.15, -0.1) is 0 Å². The Kier molecular flexibility index (Phi) is 2.40. The number of aromatic amines is 1. The third kappa shape index (κ3) is 1.71. The third-order valence-electron chi connectivity index (χ3n) is 3.58. The van der Waals surface area contributed by atoms with Crippen molar-refractivity contribution in [3.05, 3.63) is 22.7 Å². The first kappa shape index (κ1) is 9.84. The van der Waals surface area contributed by atoms with Crippen LogP contribution in [0.3, 0.4) is 0 Å². The molecule has 0 aliphatic carbocycles. The summed E-state index contributed by atoms with van der Waals surface area (Å²) in [7, 11) is 0. The highest BCUT2D eigenvalue weighted by atomic mass is 16.1. The zero-order chi connectivity index (χ0) is 11.0. The fourth-order valence-corrected chi connectivity index (χ4v) is 2.73. The van der Waals surface area contributed by atoms with Crippen LogP contribution in [0.15, 0.2) is 17.2 Å². The number of H-pyrrole nitrogens is 1. The molecule has 86 valence electrons. The molecule has 1 aromatic rings. The summed E-state index contributed by atoms with van der Waals surface area (Å²) in [4.78, 5) is 22.8. The molecule has 0 bridgehead atoms. The SMILES string of the molecule is O=c1cc(N2CCN3CCCC3C2)nc[nH]1. The average molecular weight is 220 g/mol. The fourth-order valence-electron chi connectivity index (χ4n) is 2.73. The molecule has 0 amide bonds. The van der Waals surface area contributed by atoms with Crippen LogP contribution in [0, 0.1) is 0 Å². The second-order valence-electron chi connectivity index (χ2n) is 4.55. The first-order valence-corrected chi connectivity index (χ1v) is 5.87. The van der Waals surface area contributed by atoms with Crippen molar-refractivity contribution >= 4 is 5.82 Å². The lowest BCUT2D eigenvalue weighted by molar-refractivity contribution is 0.230. The van der Waals surface area contributed by atoms with Gasteiger partial charge in [-0.25, -0.2) is 4.98 Å². The van der Waals surface area contributed by atoms with Gasteiger partial charge in [0.2, 0.25) is 0 Å². The number of hydrogen-bond donors (Lipinski definition) is 1. The van der Waals surface area contributed by atoms with Crippen molar-refractivity contribution in [2.45, 2.75) is 18.9 Å². The molecule has 2 aliphatic heterocycles. The van der Waals surface area contributed by atoms with Gasteiger partial charge in [0.05, 0.1) is 6.33 Å². The molecule has 2 saturated heterocycles. The Bertz CT molecular complexity index is 430. The lowest BCUT2D eigenvalue weighted by Crippen LogP contribution is -2.50. The van der Waals surface area contributed by atoms with E-state index in [1.165, 1.54) is 25.7 Å². The molecular formula is C11H16N4O. The highest BCUT2D eigenvalue weighted by Gasteiger charge is 2.30.